The number of hydrogen-bond acceptors (Lipinski definition) is 4. The van der Waals surface area contributed by atoms with Crippen molar-refractivity contribution in [1.82, 2.24) is 0 Å². The van der Waals surface area contributed by atoms with Gasteiger partial charge in [-0.1, -0.05) is 51.9 Å². The summed E-state index contributed by atoms with van der Waals surface area (Å²) < 4.78 is 10.5. The molecule has 1 rings (SSSR count). The zero-order valence-corrected chi connectivity index (χ0v) is 15.0. The van der Waals surface area contributed by atoms with Crippen LogP contribution in [0.5, 0.6) is 5.95 Å². The Hall–Kier alpha value is -1.58. The van der Waals surface area contributed by atoms with Gasteiger partial charge in [0.15, 0.2) is 17.0 Å². The fourth-order valence-electron chi connectivity index (χ4n) is 2.72. The van der Waals surface area contributed by atoms with E-state index in [1.54, 1.807) is 13.8 Å². The molecule has 0 unspecified atom stereocenters. The van der Waals surface area contributed by atoms with Crippen molar-refractivity contribution in [3.63, 3.8) is 0 Å². The molecule has 1 aromatic heterocycles. The third-order valence-corrected chi connectivity index (χ3v) is 4.22. The van der Waals surface area contributed by atoms with E-state index >= 15 is 0 Å². The SMILES string of the molecule is CCCCCCCCCCC(=O)c1oc(OC)c(C)c(=O)c1C. The van der Waals surface area contributed by atoms with Crippen molar-refractivity contribution in [1.29, 1.82) is 0 Å². The lowest BCUT2D eigenvalue weighted by Gasteiger charge is -2.08. The predicted molar refractivity (Wildman–Crippen MR) is 92.6 cm³/mol. The molecule has 23 heavy (non-hydrogen) atoms. The quantitative estimate of drug-likeness (QED) is 0.426. The van der Waals surface area contributed by atoms with Crippen LogP contribution in [0.3, 0.4) is 0 Å². The molecular formula is C19H30O4. The molecule has 0 fully saturated rings. The normalized spacial score (nSPS) is 10.8. The number of ether oxygens (including phenoxy) is 1. The molecule has 0 spiro atoms. The van der Waals surface area contributed by atoms with Crippen LogP contribution >= 0.6 is 0 Å². The summed E-state index contributed by atoms with van der Waals surface area (Å²) in [5, 5.41) is 0. The van der Waals surface area contributed by atoms with E-state index in [-0.39, 0.29) is 22.9 Å². The van der Waals surface area contributed by atoms with E-state index < -0.39 is 0 Å². The summed E-state index contributed by atoms with van der Waals surface area (Å²) in [4.78, 5) is 24.4. The highest BCUT2D eigenvalue weighted by atomic mass is 16.6. The van der Waals surface area contributed by atoms with Crippen LogP contribution < -0.4 is 10.2 Å². The van der Waals surface area contributed by atoms with Gasteiger partial charge in [-0.3, -0.25) is 9.59 Å². The van der Waals surface area contributed by atoms with Crippen LogP contribution in [-0.2, 0) is 0 Å². The van der Waals surface area contributed by atoms with Gasteiger partial charge in [-0.2, -0.15) is 0 Å². The van der Waals surface area contributed by atoms with E-state index in [0.717, 1.165) is 19.3 Å². The fourth-order valence-corrected chi connectivity index (χ4v) is 2.72. The second kappa shape index (κ2) is 10.2. The topological polar surface area (TPSA) is 56.5 Å². The maximum atomic E-state index is 12.3. The highest BCUT2D eigenvalue weighted by Crippen LogP contribution is 2.20. The van der Waals surface area contributed by atoms with Gasteiger partial charge >= 0.3 is 0 Å². The number of unbranched alkanes of at least 4 members (excludes halogenated alkanes) is 7. The second-order valence-electron chi connectivity index (χ2n) is 6.15. The summed E-state index contributed by atoms with van der Waals surface area (Å²) in [6, 6.07) is 0. The average Bonchev–Trinajstić information content (AvgIpc) is 2.55. The first kappa shape index (κ1) is 19.5. The molecule has 0 aliphatic rings. The van der Waals surface area contributed by atoms with Crippen LogP contribution in [-0.4, -0.2) is 12.9 Å². The predicted octanol–water partition coefficient (Wildman–Crippen LogP) is 4.98. The summed E-state index contributed by atoms with van der Waals surface area (Å²) in [5.74, 6) is 0.184. The van der Waals surface area contributed by atoms with Crippen LogP contribution in [0, 0.1) is 13.8 Å². The van der Waals surface area contributed by atoms with Gasteiger partial charge in [0.2, 0.25) is 0 Å². The molecule has 0 N–H and O–H groups in total. The third-order valence-electron chi connectivity index (χ3n) is 4.22. The van der Waals surface area contributed by atoms with Crippen molar-refractivity contribution in [2.75, 3.05) is 7.11 Å². The van der Waals surface area contributed by atoms with Crippen molar-refractivity contribution < 1.29 is 13.9 Å². The minimum absolute atomic E-state index is 0.108. The van der Waals surface area contributed by atoms with Crippen LogP contribution in [0.2, 0.25) is 0 Å². The van der Waals surface area contributed by atoms with Crippen molar-refractivity contribution in [3.8, 4) is 5.95 Å². The van der Waals surface area contributed by atoms with E-state index in [9.17, 15) is 9.59 Å². The molecule has 0 aliphatic heterocycles. The average molecular weight is 322 g/mol. The lowest BCUT2D eigenvalue weighted by atomic mass is 10.0. The zero-order chi connectivity index (χ0) is 17.2. The van der Waals surface area contributed by atoms with E-state index in [0.29, 0.717) is 17.5 Å². The van der Waals surface area contributed by atoms with Crippen LogP contribution in [0.25, 0.3) is 0 Å². The molecule has 0 aliphatic carbocycles. The van der Waals surface area contributed by atoms with Gasteiger partial charge in [-0.15, -0.1) is 0 Å². The summed E-state index contributed by atoms with van der Waals surface area (Å²) in [6.45, 7) is 5.50. The Morgan fingerprint density at radius 2 is 1.52 bits per heavy atom. The van der Waals surface area contributed by atoms with E-state index in [1.165, 1.54) is 39.2 Å². The molecule has 4 nitrogen and oxygen atoms in total. The molecule has 0 radical (unpaired) electrons. The van der Waals surface area contributed by atoms with Crippen molar-refractivity contribution in [2.45, 2.75) is 78.6 Å². The minimum atomic E-state index is -0.174. The molecule has 0 amide bonds. The Bertz CT molecular complexity index is 557. The Labute approximate surface area is 139 Å². The first-order chi connectivity index (χ1) is 11.0. The number of ketones is 1. The Morgan fingerprint density at radius 1 is 0.957 bits per heavy atom. The van der Waals surface area contributed by atoms with Gasteiger partial charge in [-0.25, -0.2) is 0 Å². The third kappa shape index (κ3) is 5.85. The van der Waals surface area contributed by atoms with E-state index in [4.69, 9.17) is 9.15 Å². The highest BCUT2D eigenvalue weighted by Gasteiger charge is 2.19. The Balaban J connectivity index is 2.47. The molecule has 4 heteroatoms. The number of rotatable bonds is 11. The monoisotopic (exact) mass is 322 g/mol. The zero-order valence-electron chi connectivity index (χ0n) is 15.0. The second-order valence-corrected chi connectivity index (χ2v) is 6.15. The van der Waals surface area contributed by atoms with Crippen molar-refractivity contribution in [3.05, 3.63) is 27.1 Å². The minimum Gasteiger partial charge on any atom is -0.468 e. The Kier molecular flexibility index (Phi) is 8.67. The molecular weight excluding hydrogens is 292 g/mol. The smallest absolute Gasteiger partial charge is 0.291 e. The molecule has 0 saturated heterocycles. The Morgan fingerprint density at radius 3 is 2.09 bits per heavy atom. The standard InChI is InChI=1S/C19H30O4/c1-5-6-7-8-9-10-11-12-13-16(20)18-14(2)17(21)15(3)19(22-4)23-18/h5-13H2,1-4H3. The van der Waals surface area contributed by atoms with E-state index in [1.807, 2.05) is 0 Å². The number of hydrogen-bond donors (Lipinski definition) is 0. The number of carbonyl (C=O) groups excluding carboxylic acids is 1. The molecule has 1 aromatic rings. The van der Waals surface area contributed by atoms with Crippen molar-refractivity contribution in [2.24, 2.45) is 0 Å². The van der Waals surface area contributed by atoms with Crippen molar-refractivity contribution >= 4 is 5.78 Å². The van der Waals surface area contributed by atoms with Gasteiger partial charge in [0.1, 0.15) is 0 Å². The van der Waals surface area contributed by atoms with Gasteiger partial charge in [-0.05, 0) is 20.3 Å². The number of carbonyl (C=O) groups is 1. The maximum Gasteiger partial charge on any atom is 0.291 e. The molecule has 0 atom stereocenters. The molecule has 0 saturated carbocycles. The summed E-state index contributed by atoms with van der Waals surface area (Å²) >= 11 is 0. The molecule has 1 heterocycles. The van der Waals surface area contributed by atoms with Crippen LogP contribution in [0.4, 0.5) is 0 Å². The van der Waals surface area contributed by atoms with Crippen LogP contribution in [0.1, 0.15) is 86.4 Å². The molecule has 130 valence electrons. The molecule has 0 bridgehead atoms. The maximum absolute atomic E-state index is 12.3. The van der Waals surface area contributed by atoms with Gasteiger partial charge in [0.25, 0.3) is 5.95 Å². The summed E-state index contributed by atoms with van der Waals surface area (Å²) in [6.07, 6.45) is 9.87. The number of methoxy groups -OCH3 is 1. The van der Waals surface area contributed by atoms with Gasteiger partial charge in [0.05, 0.1) is 12.7 Å². The first-order valence-electron chi connectivity index (χ1n) is 8.74. The van der Waals surface area contributed by atoms with E-state index in [2.05, 4.69) is 6.92 Å². The number of Topliss-reactive ketones (excluding diaryl/α,β-unsaturated/α-hetero) is 1. The summed E-state index contributed by atoms with van der Waals surface area (Å²) in [5.41, 5.74) is 0.619. The molecule has 0 aromatic carbocycles. The largest absolute Gasteiger partial charge is 0.468 e. The fraction of sp³-hybridized carbons (Fsp3) is 0.684. The lowest BCUT2D eigenvalue weighted by molar-refractivity contribution is 0.0940. The summed E-state index contributed by atoms with van der Waals surface area (Å²) in [7, 11) is 1.44. The highest BCUT2D eigenvalue weighted by molar-refractivity contribution is 5.94. The van der Waals surface area contributed by atoms with Gasteiger partial charge < -0.3 is 9.15 Å². The van der Waals surface area contributed by atoms with Crippen LogP contribution in [0.15, 0.2) is 9.21 Å². The van der Waals surface area contributed by atoms with Gasteiger partial charge in [0, 0.05) is 12.0 Å². The lowest BCUT2D eigenvalue weighted by Crippen LogP contribution is -2.16. The first-order valence-corrected chi connectivity index (χ1v) is 8.74.